The summed E-state index contributed by atoms with van der Waals surface area (Å²) in [7, 11) is 6.11. The number of ether oxygens (including phenoxy) is 1. The summed E-state index contributed by atoms with van der Waals surface area (Å²) >= 11 is 0. The zero-order valence-corrected chi connectivity index (χ0v) is 25.8. The molecule has 0 aliphatic carbocycles. The van der Waals surface area contributed by atoms with Crippen LogP contribution in [0.2, 0.25) is 0 Å². The summed E-state index contributed by atoms with van der Waals surface area (Å²) in [5.41, 5.74) is 0.615. The Labute approximate surface area is 263 Å². The number of amides is 3. The minimum Gasteiger partial charge on any atom is -0.436 e. The van der Waals surface area contributed by atoms with E-state index in [0.717, 1.165) is 17.0 Å². The summed E-state index contributed by atoms with van der Waals surface area (Å²) in [5, 5.41) is 3.06. The standard InChI is InChI=1S/C33H34F3N5O5/c1-38(2)30(42)10-6-5-9-29(46-33(45)39(3)4)31(43)37-27-8-7-15-40(32(27)44)20-25-17-22-16-23(34)13-14-28(22)41(25)19-21-11-12-24(35)18-26(21)36/h6-8,10-18,29H,5,9,19-20H2,1-4H3,(H,37,43)/b10-6+/t29-/m0/s1. The van der Waals surface area contributed by atoms with Gasteiger partial charge in [-0.05, 0) is 61.4 Å². The molecule has 1 N–H and O–H groups in total. The van der Waals surface area contributed by atoms with E-state index in [-0.39, 0.29) is 43.1 Å². The number of carbonyl (C=O) groups is 3. The van der Waals surface area contributed by atoms with E-state index in [1.165, 1.54) is 66.2 Å². The van der Waals surface area contributed by atoms with Crippen molar-refractivity contribution in [3.05, 3.63) is 112 Å². The third-order valence-corrected chi connectivity index (χ3v) is 7.10. The number of benzene rings is 2. The van der Waals surface area contributed by atoms with Crippen molar-refractivity contribution < 1.29 is 32.3 Å². The molecule has 0 aliphatic heterocycles. The van der Waals surface area contributed by atoms with Crippen LogP contribution in [-0.4, -0.2) is 71.1 Å². The van der Waals surface area contributed by atoms with E-state index in [4.69, 9.17) is 4.74 Å². The van der Waals surface area contributed by atoms with Crippen LogP contribution in [0.1, 0.15) is 24.1 Å². The van der Waals surface area contributed by atoms with Crippen molar-refractivity contribution in [1.82, 2.24) is 18.9 Å². The van der Waals surface area contributed by atoms with E-state index < -0.39 is 41.1 Å². The molecule has 0 fully saturated rings. The molecule has 4 rings (SSSR count). The monoisotopic (exact) mass is 637 g/mol. The first kappa shape index (κ1) is 33.6. The Balaban J connectivity index is 1.60. The predicted molar refractivity (Wildman–Crippen MR) is 167 cm³/mol. The van der Waals surface area contributed by atoms with Gasteiger partial charge < -0.3 is 29.0 Å². The van der Waals surface area contributed by atoms with E-state index >= 15 is 0 Å². The van der Waals surface area contributed by atoms with E-state index in [1.54, 1.807) is 36.9 Å². The second-order valence-corrected chi connectivity index (χ2v) is 11.0. The minimum atomic E-state index is -1.27. The zero-order chi connectivity index (χ0) is 33.5. The second kappa shape index (κ2) is 14.6. The highest BCUT2D eigenvalue weighted by molar-refractivity contribution is 5.95. The van der Waals surface area contributed by atoms with E-state index in [2.05, 4.69) is 5.32 Å². The highest BCUT2D eigenvalue weighted by Crippen LogP contribution is 2.24. The third-order valence-electron chi connectivity index (χ3n) is 7.10. The van der Waals surface area contributed by atoms with Gasteiger partial charge in [-0.3, -0.25) is 14.4 Å². The number of hydrogen-bond donors (Lipinski definition) is 1. The van der Waals surface area contributed by atoms with Crippen LogP contribution in [0.4, 0.5) is 23.7 Å². The van der Waals surface area contributed by atoms with Crippen LogP contribution < -0.4 is 10.9 Å². The SMILES string of the molecule is CN(C)C(=O)/C=C/CC[C@H](OC(=O)N(C)C)C(=O)Nc1cccn(Cc2cc3cc(F)ccc3n2Cc2ccc(F)cc2F)c1=O. The third kappa shape index (κ3) is 8.23. The Morgan fingerprint density at radius 2 is 1.65 bits per heavy atom. The van der Waals surface area contributed by atoms with E-state index in [0.29, 0.717) is 16.6 Å². The smallest absolute Gasteiger partial charge is 0.410 e. The molecule has 242 valence electrons. The molecule has 10 nitrogen and oxygen atoms in total. The van der Waals surface area contributed by atoms with Crippen LogP contribution in [0.5, 0.6) is 0 Å². The number of fused-ring (bicyclic) bond motifs is 1. The number of hydrogen-bond acceptors (Lipinski definition) is 5. The zero-order valence-electron chi connectivity index (χ0n) is 25.8. The number of rotatable bonds is 11. The van der Waals surface area contributed by atoms with Gasteiger partial charge in [-0.15, -0.1) is 0 Å². The topological polar surface area (TPSA) is 106 Å². The number of likely N-dealkylation sites (N-methyl/N-ethyl adjacent to an activating group) is 1. The maximum absolute atomic E-state index is 14.6. The predicted octanol–water partition coefficient (Wildman–Crippen LogP) is 4.75. The molecule has 0 unspecified atom stereocenters. The molecule has 46 heavy (non-hydrogen) atoms. The van der Waals surface area contributed by atoms with Gasteiger partial charge >= 0.3 is 6.09 Å². The summed E-state index contributed by atoms with van der Waals surface area (Å²) in [4.78, 5) is 53.4. The maximum Gasteiger partial charge on any atom is 0.410 e. The number of pyridine rings is 1. The van der Waals surface area contributed by atoms with Crippen LogP contribution >= 0.6 is 0 Å². The number of allylic oxidation sites excluding steroid dienone is 1. The normalized spacial score (nSPS) is 11.9. The van der Waals surface area contributed by atoms with Crippen molar-refractivity contribution in [3.63, 3.8) is 0 Å². The first-order valence-corrected chi connectivity index (χ1v) is 14.3. The lowest BCUT2D eigenvalue weighted by Crippen LogP contribution is -2.37. The fraction of sp³-hybridized carbons (Fsp3) is 0.273. The summed E-state index contributed by atoms with van der Waals surface area (Å²) in [6.45, 7) is -0.0549. The first-order valence-electron chi connectivity index (χ1n) is 14.3. The molecule has 2 aromatic heterocycles. The minimum absolute atomic E-state index is 0.0186. The highest BCUT2D eigenvalue weighted by atomic mass is 19.1. The van der Waals surface area contributed by atoms with Gasteiger partial charge in [0.1, 0.15) is 23.1 Å². The van der Waals surface area contributed by atoms with E-state index in [1.807, 2.05) is 0 Å². The van der Waals surface area contributed by atoms with E-state index in [9.17, 15) is 32.3 Å². The van der Waals surface area contributed by atoms with Gasteiger partial charge in [-0.1, -0.05) is 12.1 Å². The summed E-state index contributed by atoms with van der Waals surface area (Å²) in [6.07, 6.45) is 2.64. The first-order chi connectivity index (χ1) is 21.8. The van der Waals surface area contributed by atoms with Crippen molar-refractivity contribution in [3.8, 4) is 0 Å². The maximum atomic E-state index is 14.6. The molecular weight excluding hydrogens is 603 g/mol. The van der Waals surface area contributed by atoms with Crippen LogP contribution in [0.25, 0.3) is 10.9 Å². The van der Waals surface area contributed by atoms with Gasteiger partial charge in [0.2, 0.25) is 5.91 Å². The quantitative estimate of drug-likeness (QED) is 0.239. The Morgan fingerprint density at radius 1 is 0.935 bits per heavy atom. The van der Waals surface area contributed by atoms with Crippen molar-refractivity contribution in [1.29, 1.82) is 0 Å². The lowest BCUT2D eigenvalue weighted by molar-refractivity contribution is -0.125. The molecule has 0 spiro atoms. The second-order valence-electron chi connectivity index (χ2n) is 11.0. The van der Waals surface area contributed by atoms with Gasteiger partial charge in [0, 0.05) is 62.6 Å². The molecule has 0 saturated carbocycles. The van der Waals surface area contributed by atoms with Crippen LogP contribution in [0, 0.1) is 17.5 Å². The Bertz CT molecular complexity index is 1850. The van der Waals surface area contributed by atoms with Crippen LogP contribution in [0.15, 0.2) is 77.7 Å². The molecule has 2 heterocycles. The molecule has 3 amide bonds. The summed E-state index contributed by atoms with van der Waals surface area (Å²) in [6, 6.07) is 12.0. The molecule has 0 aliphatic rings. The molecule has 0 bridgehead atoms. The van der Waals surface area contributed by atoms with Gasteiger partial charge in [-0.25, -0.2) is 18.0 Å². The largest absolute Gasteiger partial charge is 0.436 e. The molecule has 13 heteroatoms. The number of aromatic nitrogens is 2. The van der Waals surface area contributed by atoms with Gasteiger partial charge in [-0.2, -0.15) is 0 Å². The van der Waals surface area contributed by atoms with Crippen molar-refractivity contribution in [2.24, 2.45) is 0 Å². The van der Waals surface area contributed by atoms with Crippen molar-refractivity contribution in [2.45, 2.75) is 32.0 Å². The summed E-state index contributed by atoms with van der Waals surface area (Å²) < 4.78 is 50.6. The Hall–Kier alpha value is -5.33. The van der Waals surface area contributed by atoms with Crippen LogP contribution in [0.3, 0.4) is 0 Å². The highest BCUT2D eigenvalue weighted by Gasteiger charge is 2.24. The number of nitrogens with zero attached hydrogens (tertiary/aromatic N) is 4. The van der Waals surface area contributed by atoms with Crippen molar-refractivity contribution in [2.75, 3.05) is 33.5 Å². The number of halogens is 3. The number of nitrogens with one attached hydrogen (secondary N) is 1. The van der Waals surface area contributed by atoms with Gasteiger partial charge in [0.15, 0.2) is 6.10 Å². The lowest BCUT2D eigenvalue weighted by atomic mass is 10.1. The Kier molecular flexibility index (Phi) is 10.7. The molecule has 4 aromatic rings. The van der Waals surface area contributed by atoms with Gasteiger partial charge in [0.05, 0.1) is 13.1 Å². The molecule has 0 radical (unpaired) electrons. The number of carbonyl (C=O) groups excluding carboxylic acids is 3. The molecule has 0 saturated heterocycles. The van der Waals surface area contributed by atoms with Gasteiger partial charge in [0.25, 0.3) is 11.5 Å². The molecule has 1 atom stereocenters. The number of anilines is 1. The molecule has 2 aromatic carbocycles. The lowest BCUT2D eigenvalue weighted by Gasteiger charge is -2.20. The summed E-state index contributed by atoms with van der Waals surface area (Å²) in [5.74, 6) is -2.94. The fourth-order valence-electron chi connectivity index (χ4n) is 4.63. The van der Waals surface area contributed by atoms with Crippen LogP contribution in [-0.2, 0) is 27.4 Å². The fourth-order valence-corrected chi connectivity index (χ4v) is 4.63. The Morgan fingerprint density at radius 3 is 2.35 bits per heavy atom. The average Bonchev–Trinajstić information content (AvgIpc) is 3.32. The molecular formula is C33H34F3N5O5. The van der Waals surface area contributed by atoms with Crippen molar-refractivity contribution >= 4 is 34.5 Å². The average molecular weight is 638 g/mol.